The van der Waals surface area contributed by atoms with E-state index >= 15 is 0 Å². The van der Waals surface area contributed by atoms with Crippen LogP contribution in [0.3, 0.4) is 0 Å². The van der Waals surface area contributed by atoms with Gasteiger partial charge in [0.1, 0.15) is 0 Å². The number of carbonyl (C=O) groups excluding carboxylic acids is 1. The predicted molar refractivity (Wildman–Crippen MR) is 75.0 cm³/mol. The first-order chi connectivity index (χ1) is 9.19. The van der Waals surface area contributed by atoms with Gasteiger partial charge < -0.3 is 10.4 Å². The minimum absolute atomic E-state index is 0.0711. The summed E-state index contributed by atoms with van der Waals surface area (Å²) in [6.45, 7) is 0.373. The Morgan fingerprint density at radius 2 is 1.84 bits per heavy atom. The Labute approximate surface area is 116 Å². The van der Waals surface area contributed by atoms with Crippen LogP contribution in [0.4, 0.5) is 0 Å². The highest BCUT2D eigenvalue weighted by atomic mass is 35.5. The van der Waals surface area contributed by atoms with Gasteiger partial charge in [0.15, 0.2) is 0 Å². The Morgan fingerprint density at radius 3 is 2.53 bits per heavy atom. The zero-order valence-electron chi connectivity index (χ0n) is 10.3. The molecular formula is C15H14ClNO2. The molecule has 19 heavy (non-hydrogen) atoms. The lowest BCUT2D eigenvalue weighted by Crippen LogP contribution is -2.22. The summed E-state index contributed by atoms with van der Waals surface area (Å²) in [7, 11) is 0. The van der Waals surface area contributed by atoms with Crippen LogP contribution in [0.25, 0.3) is 0 Å². The monoisotopic (exact) mass is 275 g/mol. The number of halogens is 1. The number of benzene rings is 2. The molecule has 0 saturated carbocycles. The minimum atomic E-state index is -0.162. The third-order valence-electron chi connectivity index (χ3n) is 2.74. The first kappa shape index (κ1) is 13.6. The summed E-state index contributed by atoms with van der Waals surface area (Å²) in [5, 5.41) is 12.5. The molecule has 0 spiro atoms. The summed E-state index contributed by atoms with van der Waals surface area (Å²) in [6, 6.07) is 14.2. The van der Waals surface area contributed by atoms with Gasteiger partial charge in [0.25, 0.3) is 5.91 Å². The summed E-state index contributed by atoms with van der Waals surface area (Å²) in [4.78, 5) is 11.9. The Hall–Kier alpha value is -1.84. The lowest BCUT2D eigenvalue weighted by Gasteiger charge is -2.06. The van der Waals surface area contributed by atoms with Gasteiger partial charge in [-0.15, -0.1) is 0 Å². The minimum Gasteiger partial charge on any atom is -0.392 e. The number of carbonyl (C=O) groups is 1. The predicted octanol–water partition coefficient (Wildman–Crippen LogP) is 2.76. The molecule has 2 aromatic carbocycles. The molecule has 2 aromatic rings. The van der Waals surface area contributed by atoms with E-state index < -0.39 is 0 Å². The molecule has 0 fully saturated rings. The third-order valence-corrected chi connectivity index (χ3v) is 2.99. The van der Waals surface area contributed by atoms with Crippen molar-refractivity contribution in [3.05, 3.63) is 70.2 Å². The van der Waals surface area contributed by atoms with Gasteiger partial charge in [0.2, 0.25) is 0 Å². The fourth-order valence-electron chi connectivity index (χ4n) is 1.70. The van der Waals surface area contributed by atoms with Gasteiger partial charge in [-0.2, -0.15) is 0 Å². The van der Waals surface area contributed by atoms with Crippen molar-refractivity contribution in [1.82, 2.24) is 5.32 Å². The second-order valence-corrected chi connectivity index (χ2v) is 4.60. The third kappa shape index (κ3) is 3.81. The number of hydrogen-bond acceptors (Lipinski definition) is 2. The van der Waals surface area contributed by atoms with Crippen molar-refractivity contribution in [3.63, 3.8) is 0 Å². The van der Waals surface area contributed by atoms with Crippen LogP contribution < -0.4 is 5.32 Å². The zero-order chi connectivity index (χ0) is 13.7. The van der Waals surface area contributed by atoms with Crippen LogP contribution in [0.15, 0.2) is 48.5 Å². The van der Waals surface area contributed by atoms with E-state index in [0.717, 1.165) is 11.1 Å². The summed E-state index contributed by atoms with van der Waals surface area (Å²) in [6.07, 6.45) is 0. The van der Waals surface area contributed by atoms with Crippen molar-refractivity contribution < 1.29 is 9.90 Å². The maximum atomic E-state index is 11.9. The van der Waals surface area contributed by atoms with Gasteiger partial charge >= 0.3 is 0 Å². The fourth-order valence-corrected chi connectivity index (χ4v) is 1.82. The van der Waals surface area contributed by atoms with Crippen LogP contribution >= 0.6 is 11.6 Å². The van der Waals surface area contributed by atoms with Crippen LogP contribution in [0, 0.1) is 0 Å². The molecule has 0 aliphatic carbocycles. The van der Waals surface area contributed by atoms with Crippen molar-refractivity contribution in [3.8, 4) is 0 Å². The smallest absolute Gasteiger partial charge is 0.251 e. The molecule has 4 heteroatoms. The van der Waals surface area contributed by atoms with E-state index in [2.05, 4.69) is 5.32 Å². The highest BCUT2D eigenvalue weighted by Gasteiger charge is 2.05. The maximum Gasteiger partial charge on any atom is 0.251 e. The van der Waals surface area contributed by atoms with Gasteiger partial charge in [-0.05, 0) is 35.4 Å². The quantitative estimate of drug-likeness (QED) is 0.901. The fraction of sp³-hybridized carbons (Fsp3) is 0.133. The standard InChI is InChI=1S/C15H14ClNO2/c16-14-6-4-11(5-7-14)9-17-15(19)13-3-1-2-12(8-13)10-18/h1-8,18H,9-10H2,(H,17,19). The Kier molecular flexibility index (Phi) is 4.55. The van der Waals surface area contributed by atoms with Gasteiger partial charge in [0, 0.05) is 17.1 Å². The van der Waals surface area contributed by atoms with Gasteiger partial charge in [-0.3, -0.25) is 4.79 Å². The molecule has 0 unspecified atom stereocenters. The molecule has 98 valence electrons. The van der Waals surface area contributed by atoms with E-state index in [0.29, 0.717) is 17.1 Å². The Bertz CT molecular complexity index is 567. The van der Waals surface area contributed by atoms with Crippen LogP contribution in [0.2, 0.25) is 5.02 Å². The Morgan fingerprint density at radius 1 is 1.11 bits per heavy atom. The summed E-state index contributed by atoms with van der Waals surface area (Å²) in [5.41, 5.74) is 2.25. The topological polar surface area (TPSA) is 49.3 Å². The van der Waals surface area contributed by atoms with Gasteiger partial charge in [0.05, 0.1) is 6.61 Å². The van der Waals surface area contributed by atoms with E-state index in [1.807, 2.05) is 12.1 Å². The van der Waals surface area contributed by atoms with Crippen molar-refractivity contribution >= 4 is 17.5 Å². The second-order valence-electron chi connectivity index (χ2n) is 4.17. The van der Waals surface area contributed by atoms with Gasteiger partial charge in [-0.25, -0.2) is 0 Å². The van der Waals surface area contributed by atoms with Crippen molar-refractivity contribution in [2.24, 2.45) is 0 Å². The van der Waals surface area contributed by atoms with Crippen molar-refractivity contribution in [2.45, 2.75) is 13.2 Å². The molecule has 0 aromatic heterocycles. The molecular weight excluding hydrogens is 262 g/mol. The van der Waals surface area contributed by atoms with Gasteiger partial charge in [-0.1, -0.05) is 35.9 Å². The van der Waals surface area contributed by atoms with E-state index in [9.17, 15) is 4.79 Å². The number of rotatable bonds is 4. The number of hydrogen-bond donors (Lipinski definition) is 2. The molecule has 0 heterocycles. The Balaban J connectivity index is 1.99. The van der Waals surface area contributed by atoms with Crippen LogP contribution in [0.5, 0.6) is 0 Å². The second kappa shape index (κ2) is 6.36. The highest BCUT2D eigenvalue weighted by molar-refractivity contribution is 6.30. The average molecular weight is 276 g/mol. The van der Waals surface area contributed by atoms with Crippen LogP contribution in [-0.4, -0.2) is 11.0 Å². The van der Waals surface area contributed by atoms with Crippen LogP contribution in [-0.2, 0) is 13.2 Å². The van der Waals surface area contributed by atoms with Crippen molar-refractivity contribution in [1.29, 1.82) is 0 Å². The largest absolute Gasteiger partial charge is 0.392 e. The number of aliphatic hydroxyl groups is 1. The average Bonchev–Trinajstić information content (AvgIpc) is 2.46. The molecule has 2 rings (SSSR count). The first-order valence-electron chi connectivity index (χ1n) is 5.91. The van der Waals surface area contributed by atoms with E-state index in [4.69, 9.17) is 16.7 Å². The molecule has 0 aliphatic heterocycles. The molecule has 0 saturated heterocycles. The lowest BCUT2D eigenvalue weighted by atomic mass is 10.1. The normalized spacial score (nSPS) is 10.2. The lowest BCUT2D eigenvalue weighted by molar-refractivity contribution is 0.0950. The summed E-state index contributed by atoms with van der Waals surface area (Å²) < 4.78 is 0. The zero-order valence-corrected chi connectivity index (χ0v) is 11.0. The molecule has 2 N–H and O–H groups in total. The molecule has 3 nitrogen and oxygen atoms in total. The van der Waals surface area contributed by atoms with E-state index in [1.54, 1.807) is 36.4 Å². The number of nitrogens with one attached hydrogen (secondary N) is 1. The molecule has 0 aliphatic rings. The summed E-state index contributed by atoms with van der Waals surface area (Å²) in [5.74, 6) is -0.162. The maximum absolute atomic E-state index is 11.9. The SMILES string of the molecule is O=C(NCc1ccc(Cl)cc1)c1cccc(CO)c1. The first-order valence-corrected chi connectivity index (χ1v) is 6.29. The molecule has 0 bridgehead atoms. The van der Waals surface area contributed by atoms with E-state index in [1.165, 1.54) is 0 Å². The molecule has 0 radical (unpaired) electrons. The summed E-state index contributed by atoms with van der Waals surface area (Å²) >= 11 is 5.79. The van der Waals surface area contributed by atoms with Crippen molar-refractivity contribution in [2.75, 3.05) is 0 Å². The van der Waals surface area contributed by atoms with Crippen LogP contribution in [0.1, 0.15) is 21.5 Å². The van der Waals surface area contributed by atoms with E-state index in [-0.39, 0.29) is 12.5 Å². The molecule has 1 amide bonds. The number of aliphatic hydroxyl groups excluding tert-OH is 1. The number of amides is 1. The highest BCUT2D eigenvalue weighted by Crippen LogP contribution is 2.10. The molecule has 0 atom stereocenters.